The zero-order valence-corrected chi connectivity index (χ0v) is 29.1. The molecule has 3 aliphatic rings. The van der Waals surface area contributed by atoms with Gasteiger partial charge in [-0.1, -0.05) is 49.4 Å². The molecule has 0 aliphatic carbocycles. The van der Waals surface area contributed by atoms with Crippen molar-refractivity contribution < 1.29 is 19.5 Å². The molecule has 3 aliphatic heterocycles. The molecule has 0 aromatic heterocycles. The molecular formula is C38H50N4O4S. The van der Waals surface area contributed by atoms with Gasteiger partial charge < -0.3 is 24.7 Å². The van der Waals surface area contributed by atoms with Crippen molar-refractivity contribution in [3.05, 3.63) is 85.5 Å². The number of hydrogen-bond donors (Lipinski definition) is 1. The Bertz CT molecular complexity index is 1460. The van der Waals surface area contributed by atoms with E-state index in [2.05, 4.69) is 38.8 Å². The summed E-state index contributed by atoms with van der Waals surface area (Å²) in [6.45, 7) is 18.8. The molecule has 252 valence electrons. The highest BCUT2D eigenvalue weighted by Crippen LogP contribution is 2.72. The summed E-state index contributed by atoms with van der Waals surface area (Å²) in [5.41, 5.74) is 2.54. The van der Waals surface area contributed by atoms with Crippen LogP contribution in [0.5, 0.6) is 0 Å². The smallest absolute Gasteiger partial charge is 0.251 e. The van der Waals surface area contributed by atoms with Crippen molar-refractivity contribution >= 4 is 40.9 Å². The van der Waals surface area contributed by atoms with E-state index < -0.39 is 33.4 Å². The zero-order chi connectivity index (χ0) is 33.9. The van der Waals surface area contributed by atoms with Gasteiger partial charge >= 0.3 is 0 Å². The Morgan fingerprint density at radius 3 is 2.19 bits per heavy atom. The minimum Gasteiger partial charge on any atom is -0.394 e. The molecule has 3 fully saturated rings. The van der Waals surface area contributed by atoms with Crippen LogP contribution in [0, 0.1) is 11.8 Å². The van der Waals surface area contributed by atoms with Crippen LogP contribution >= 0.6 is 11.8 Å². The van der Waals surface area contributed by atoms with Gasteiger partial charge in [0.25, 0.3) is 5.91 Å². The maximum atomic E-state index is 15.2. The number of carbonyl (C=O) groups is 3. The van der Waals surface area contributed by atoms with Crippen LogP contribution in [-0.4, -0.2) is 87.5 Å². The van der Waals surface area contributed by atoms with Gasteiger partial charge in [0.05, 0.1) is 29.2 Å². The van der Waals surface area contributed by atoms with Gasteiger partial charge in [-0.2, -0.15) is 0 Å². The van der Waals surface area contributed by atoms with Gasteiger partial charge in [0.15, 0.2) is 0 Å². The van der Waals surface area contributed by atoms with Crippen LogP contribution in [0.3, 0.4) is 0 Å². The third kappa shape index (κ3) is 5.90. The van der Waals surface area contributed by atoms with E-state index in [1.54, 1.807) is 33.7 Å². The topological polar surface area (TPSA) is 84.4 Å². The summed E-state index contributed by atoms with van der Waals surface area (Å²) in [5, 5.41) is 10.9. The first kappa shape index (κ1) is 34.8. The molecule has 1 spiro atoms. The summed E-state index contributed by atoms with van der Waals surface area (Å²) in [6, 6.07) is 15.8. The third-order valence-corrected chi connectivity index (χ3v) is 12.4. The van der Waals surface area contributed by atoms with E-state index in [9.17, 15) is 14.7 Å². The lowest BCUT2D eigenvalue weighted by atomic mass is 9.66. The van der Waals surface area contributed by atoms with Crippen molar-refractivity contribution in [1.82, 2.24) is 9.80 Å². The van der Waals surface area contributed by atoms with E-state index in [4.69, 9.17) is 0 Å². The quantitative estimate of drug-likeness (QED) is 0.248. The van der Waals surface area contributed by atoms with Gasteiger partial charge in [-0.3, -0.25) is 14.4 Å². The predicted octanol–water partition coefficient (Wildman–Crippen LogP) is 5.69. The van der Waals surface area contributed by atoms with Crippen molar-refractivity contribution in [2.45, 2.75) is 68.5 Å². The molecule has 2 unspecified atom stereocenters. The van der Waals surface area contributed by atoms with Crippen molar-refractivity contribution in [2.75, 3.05) is 49.1 Å². The predicted molar refractivity (Wildman–Crippen MR) is 191 cm³/mol. The minimum absolute atomic E-state index is 0.0510. The van der Waals surface area contributed by atoms with Gasteiger partial charge in [0.1, 0.15) is 6.04 Å². The monoisotopic (exact) mass is 658 g/mol. The van der Waals surface area contributed by atoms with Gasteiger partial charge in [-0.25, -0.2) is 0 Å². The Morgan fingerprint density at radius 1 is 0.979 bits per heavy atom. The lowest BCUT2D eigenvalue weighted by molar-refractivity contribution is -0.146. The highest BCUT2D eigenvalue weighted by molar-refractivity contribution is 8.02. The van der Waals surface area contributed by atoms with E-state index >= 15 is 4.79 Å². The van der Waals surface area contributed by atoms with Crippen LogP contribution in [0.15, 0.2) is 79.9 Å². The molecule has 0 saturated carbocycles. The maximum Gasteiger partial charge on any atom is 0.251 e. The number of likely N-dealkylation sites (tertiary alicyclic amines) is 1. The average Bonchev–Trinajstić information content (AvgIpc) is 3.65. The van der Waals surface area contributed by atoms with E-state index in [0.717, 1.165) is 42.9 Å². The summed E-state index contributed by atoms with van der Waals surface area (Å²) < 4.78 is -1.32. The number of fused-ring (bicyclic) bond motifs is 1. The first-order valence-electron chi connectivity index (χ1n) is 17.0. The normalized spacial score (nSPS) is 26.5. The third-order valence-electron chi connectivity index (χ3n) is 10.4. The largest absolute Gasteiger partial charge is 0.394 e. The second-order valence-electron chi connectivity index (χ2n) is 13.1. The number of amides is 3. The summed E-state index contributed by atoms with van der Waals surface area (Å²) >= 11 is 1.65. The lowest BCUT2D eigenvalue weighted by Crippen LogP contribution is -2.56. The number of nitrogens with zero attached hydrogens (tertiary/aromatic N) is 4. The first-order chi connectivity index (χ1) is 22.7. The molecule has 6 atom stereocenters. The fraction of sp³-hybridized carbons (Fsp3) is 0.500. The van der Waals surface area contributed by atoms with Crippen molar-refractivity contribution in [1.29, 1.82) is 0 Å². The number of rotatable bonds is 15. The number of thioether (sulfide) groups is 1. The molecule has 47 heavy (non-hydrogen) atoms. The van der Waals surface area contributed by atoms with Crippen LogP contribution in [0.4, 0.5) is 11.4 Å². The summed E-state index contributed by atoms with van der Waals surface area (Å²) in [6.07, 6.45) is 5.58. The van der Waals surface area contributed by atoms with Crippen molar-refractivity contribution in [3.8, 4) is 0 Å². The SMILES string of the molecule is C=CCN(CCC)C(=O)[C@H]1[C@H]2C(=O)N([C@H](CO)c3ccccc3)C(C(=O)N(CC=C)c3ccc(N(CC)CC)cc3)C23CC[C@]1(C)S3. The van der Waals surface area contributed by atoms with Crippen LogP contribution in [0.25, 0.3) is 0 Å². The van der Waals surface area contributed by atoms with Crippen LogP contribution in [0.1, 0.15) is 58.6 Å². The summed E-state index contributed by atoms with van der Waals surface area (Å²) in [5.74, 6) is -1.77. The number of hydrogen-bond acceptors (Lipinski definition) is 6. The molecule has 3 amide bonds. The number of benzene rings is 2. The molecule has 3 heterocycles. The van der Waals surface area contributed by atoms with Crippen molar-refractivity contribution in [3.63, 3.8) is 0 Å². The number of aliphatic hydroxyl groups excluding tert-OH is 1. The molecule has 0 radical (unpaired) electrons. The molecule has 2 aromatic rings. The zero-order valence-electron chi connectivity index (χ0n) is 28.3. The summed E-state index contributed by atoms with van der Waals surface area (Å²) in [7, 11) is 0. The molecule has 9 heteroatoms. The molecule has 3 saturated heterocycles. The van der Waals surface area contributed by atoms with Crippen LogP contribution < -0.4 is 9.80 Å². The standard InChI is InChI=1S/C38H50N4O4S/c1-7-23-40(24-8-2)34(44)31-32-35(45)42(30(26-43)27-15-13-12-14-16-27)33(38(32)22-21-37(31,6)47-38)36(46)41(25-9-3)29-19-17-28(18-20-29)39(10-4)11-5/h7,9,12-20,30-33,43H,1,3,8,10-11,21-26H2,2,4-6H3/t30-,31-,32+,33?,37+,38?/m1/s1. The van der Waals surface area contributed by atoms with E-state index in [1.165, 1.54) is 0 Å². The lowest BCUT2D eigenvalue weighted by Gasteiger charge is -2.40. The van der Waals surface area contributed by atoms with Gasteiger partial charge in [0.2, 0.25) is 11.8 Å². The van der Waals surface area contributed by atoms with E-state index in [-0.39, 0.29) is 30.9 Å². The fourth-order valence-corrected chi connectivity index (χ4v) is 10.7. The van der Waals surface area contributed by atoms with Crippen LogP contribution in [-0.2, 0) is 14.4 Å². The number of aliphatic hydroxyl groups is 1. The van der Waals surface area contributed by atoms with Crippen LogP contribution in [0.2, 0.25) is 0 Å². The number of carbonyl (C=O) groups excluding carboxylic acids is 3. The Morgan fingerprint density at radius 2 is 1.62 bits per heavy atom. The average molecular weight is 659 g/mol. The Hall–Kier alpha value is -3.56. The maximum absolute atomic E-state index is 15.2. The highest BCUT2D eigenvalue weighted by atomic mass is 32.2. The van der Waals surface area contributed by atoms with E-state index in [0.29, 0.717) is 19.5 Å². The Kier molecular flexibility index (Phi) is 10.6. The van der Waals surface area contributed by atoms with Gasteiger partial charge in [0, 0.05) is 48.8 Å². The fourth-order valence-electron chi connectivity index (χ4n) is 8.33. The molecule has 8 nitrogen and oxygen atoms in total. The molecule has 5 rings (SSSR count). The second kappa shape index (κ2) is 14.3. The first-order valence-corrected chi connectivity index (χ1v) is 17.8. The minimum atomic E-state index is -0.886. The van der Waals surface area contributed by atoms with E-state index in [1.807, 2.05) is 66.4 Å². The van der Waals surface area contributed by atoms with Crippen molar-refractivity contribution in [2.24, 2.45) is 11.8 Å². The molecular weight excluding hydrogens is 609 g/mol. The molecule has 2 bridgehead atoms. The summed E-state index contributed by atoms with van der Waals surface area (Å²) in [4.78, 5) is 52.0. The van der Waals surface area contributed by atoms with Gasteiger partial charge in [-0.15, -0.1) is 24.9 Å². The number of anilines is 2. The van der Waals surface area contributed by atoms with Gasteiger partial charge in [-0.05, 0) is 69.9 Å². The molecule has 2 aromatic carbocycles. The second-order valence-corrected chi connectivity index (χ2v) is 15.0. The Labute approximate surface area is 284 Å². The highest BCUT2D eigenvalue weighted by Gasteiger charge is 2.78. The molecule has 1 N–H and O–H groups in total. The Balaban J connectivity index is 1.64.